The number of amides is 2. The Bertz CT molecular complexity index is 1220. The van der Waals surface area contributed by atoms with Crippen molar-refractivity contribution < 1.29 is 23.5 Å². The van der Waals surface area contributed by atoms with Crippen molar-refractivity contribution in [2.24, 2.45) is 0 Å². The number of benzene rings is 3. The van der Waals surface area contributed by atoms with E-state index in [0.29, 0.717) is 34.2 Å². The molecule has 7 nitrogen and oxygen atoms in total. The van der Waals surface area contributed by atoms with Crippen molar-refractivity contribution >= 4 is 23.2 Å². The maximum Gasteiger partial charge on any atom is 0.291 e. The van der Waals surface area contributed by atoms with Crippen molar-refractivity contribution in [3.63, 3.8) is 0 Å². The van der Waals surface area contributed by atoms with Gasteiger partial charge in [0.2, 0.25) is 0 Å². The minimum absolute atomic E-state index is 0.190. The summed E-state index contributed by atoms with van der Waals surface area (Å²) in [6.45, 7) is 0. The first-order valence-electron chi connectivity index (χ1n) is 9.79. The molecule has 0 saturated heterocycles. The molecule has 0 unspecified atom stereocenters. The predicted octanol–water partition coefficient (Wildman–Crippen LogP) is 5.59. The van der Waals surface area contributed by atoms with E-state index in [1.54, 1.807) is 67.8 Å². The Morgan fingerprint density at radius 2 is 1.50 bits per heavy atom. The third-order valence-electron chi connectivity index (χ3n) is 4.54. The van der Waals surface area contributed by atoms with Crippen LogP contribution >= 0.6 is 0 Å². The van der Waals surface area contributed by atoms with E-state index >= 15 is 0 Å². The lowest BCUT2D eigenvalue weighted by molar-refractivity contribution is 0.0993. The molecular weight excluding hydrogens is 408 g/mol. The second kappa shape index (κ2) is 9.53. The first-order valence-corrected chi connectivity index (χ1v) is 9.79. The van der Waals surface area contributed by atoms with Crippen LogP contribution in [0.2, 0.25) is 0 Å². The van der Waals surface area contributed by atoms with Crippen LogP contribution in [-0.2, 0) is 0 Å². The topological polar surface area (TPSA) is 89.8 Å². The number of carbonyl (C=O) groups excluding carboxylic acids is 2. The number of rotatable bonds is 7. The molecule has 1 heterocycles. The molecule has 0 aliphatic heterocycles. The number of hydrogen-bond acceptors (Lipinski definition) is 5. The van der Waals surface area contributed by atoms with E-state index in [4.69, 9.17) is 13.9 Å². The maximum atomic E-state index is 12.7. The predicted molar refractivity (Wildman–Crippen MR) is 121 cm³/mol. The Morgan fingerprint density at radius 1 is 0.750 bits per heavy atom. The number of nitrogens with one attached hydrogen (secondary N) is 2. The van der Waals surface area contributed by atoms with Crippen LogP contribution in [0.25, 0.3) is 0 Å². The third-order valence-corrected chi connectivity index (χ3v) is 4.54. The molecule has 0 aliphatic rings. The summed E-state index contributed by atoms with van der Waals surface area (Å²) in [5, 5.41) is 5.53. The van der Waals surface area contributed by atoms with E-state index in [0.717, 1.165) is 0 Å². The molecule has 3 aromatic carbocycles. The average molecular weight is 428 g/mol. The third kappa shape index (κ3) is 4.96. The van der Waals surface area contributed by atoms with Gasteiger partial charge in [-0.15, -0.1) is 0 Å². The molecule has 1 aromatic heterocycles. The van der Waals surface area contributed by atoms with Crippen LogP contribution in [0.4, 0.5) is 11.4 Å². The van der Waals surface area contributed by atoms with Crippen molar-refractivity contribution in [1.29, 1.82) is 0 Å². The summed E-state index contributed by atoms with van der Waals surface area (Å²) < 4.78 is 16.2. The molecule has 0 saturated carbocycles. The monoisotopic (exact) mass is 428 g/mol. The van der Waals surface area contributed by atoms with Gasteiger partial charge < -0.3 is 24.5 Å². The standard InChI is InChI=1S/C25H20N2O5/c1-30-21-8-2-3-9-22(21)32-20-13-11-18(12-14-20)26-24(28)17-6-4-7-19(16-17)27-25(29)23-10-5-15-31-23/h2-16H,1H3,(H,26,28)(H,27,29). The minimum Gasteiger partial charge on any atom is -0.493 e. The number of furan rings is 1. The number of ether oxygens (including phenoxy) is 2. The fraction of sp³-hybridized carbons (Fsp3) is 0.0400. The molecular formula is C25H20N2O5. The van der Waals surface area contributed by atoms with Gasteiger partial charge in [-0.25, -0.2) is 0 Å². The van der Waals surface area contributed by atoms with Gasteiger partial charge in [0.15, 0.2) is 17.3 Å². The Labute approximate surface area is 184 Å². The van der Waals surface area contributed by atoms with Gasteiger partial charge in [0.05, 0.1) is 13.4 Å². The zero-order chi connectivity index (χ0) is 22.3. The first-order chi connectivity index (χ1) is 15.6. The molecule has 7 heteroatoms. The van der Waals surface area contributed by atoms with E-state index < -0.39 is 5.91 Å². The largest absolute Gasteiger partial charge is 0.493 e. The van der Waals surface area contributed by atoms with E-state index in [-0.39, 0.29) is 11.7 Å². The van der Waals surface area contributed by atoms with Crippen molar-refractivity contribution in [2.45, 2.75) is 0 Å². The van der Waals surface area contributed by atoms with Crippen LogP contribution in [0.5, 0.6) is 17.2 Å². The van der Waals surface area contributed by atoms with Crippen molar-refractivity contribution in [2.75, 3.05) is 17.7 Å². The molecule has 2 amide bonds. The van der Waals surface area contributed by atoms with Crippen LogP contribution in [0.15, 0.2) is 95.6 Å². The highest BCUT2D eigenvalue weighted by molar-refractivity contribution is 6.06. The first kappa shape index (κ1) is 20.7. The molecule has 0 bridgehead atoms. The van der Waals surface area contributed by atoms with Gasteiger partial charge in [-0.2, -0.15) is 0 Å². The molecule has 0 atom stereocenters. The smallest absolute Gasteiger partial charge is 0.291 e. The summed E-state index contributed by atoms with van der Waals surface area (Å²) in [6, 6.07) is 24.2. The van der Waals surface area contributed by atoms with Gasteiger partial charge >= 0.3 is 0 Å². The summed E-state index contributed by atoms with van der Waals surface area (Å²) in [4.78, 5) is 24.8. The zero-order valence-corrected chi connectivity index (χ0v) is 17.2. The average Bonchev–Trinajstić information content (AvgIpc) is 3.36. The van der Waals surface area contributed by atoms with E-state index in [9.17, 15) is 9.59 Å². The van der Waals surface area contributed by atoms with Gasteiger partial charge in [-0.05, 0) is 66.7 Å². The molecule has 0 spiro atoms. The Hall–Kier alpha value is -4.52. The number of methoxy groups -OCH3 is 1. The summed E-state index contributed by atoms with van der Waals surface area (Å²) in [5.41, 5.74) is 1.49. The van der Waals surface area contributed by atoms with Crippen LogP contribution in [0, 0.1) is 0 Å². The Morgan fingerprint density at radius 3 is 2.22 bits per heavy atom. The molecule has 4 aromatic rings. The Kier molecular flexibility index (Phi) is 6.17. The number of hydrogen-bond donors (Lipinski definition) is 2. The van der Waals surface area contributed by atoms with Crippen LogP contribution in [0.3, 0.4) is 0 Å². The van der Waals surface area contributed by atoms with Gasteiger partial charge in [0, 0.05) is 16.9 Å². The van der Waals surface area contributed by atoms with E-state index in [2.05, 4.69) is 10.6 Å². The summed E-state index contributed by atoms with van der Waals surface area (Å²) >= 11 is 0. The number of para-hydroxylation sites is 2. The van der Waals surface area contributed by atoms with Crippen LogP contribution in [0.1, 0.15) is 20.9 Å². The second-order valence-corrected chi connectivity index (χ2v) is 6.74. The minimum atomic E-state index is -0.391. The van der Waals surface area contributed by atoms with E-state index in [1.165, 1.54) is 6.26 Å². The van der Waals surface area contributed by atoms with Crippen molar-refractivity contribution in [1.82, 2.24) is 0 Å². The maximum absolute atomic E-state index is 12.7. The molecule has 32 heavy (non-hydrogen) atoms. The lowest BCUT2D eigenvalue weighted by Gasteiger charge is -2.11. The molecule has 160 valence electrons. The quantitative estimate of drug-likeness (QED) is 0.401. The number of anilines is 2. The van der Waals surface area contributed by atoms with Crippen molar-refractivity contribution in [3.05, 3.63) is 103 Å². The normalized spacial score (nSPS) is 10.3. The highest BCUT2D eigenvalue weighted by Crippen LogP contribution is 2.31. The van der Waals surface area contributed by atoms with Gasteiger partial charge in [-0.1, -0.05) is 18.2 Å². The van der Waals surface area contributed by atoms with Gasteiger partial charge in [-0.3, -0.25) is 9.59 Å². The van der Waals surface area contributed by atoms with Crippen molar-refractivity contribution in [3.8, 4) is 17.2 Å². The van der Waals surface area contributed by atoms with E-state index in [1.807, 2.05) is 24.3 Å². The second-order valence-electron chi connectivity index (χ2n) is 6.74. The molecule has 0 radical (unpaired) electrons. The molecule has 0 aliphatic carbocycles. The fourth-order valence-corrected chi connectivity index (χ4v) is 2.98. The zero-order valence-electron chi connectivity index (χ0n) is 17.2. The SMILES string of the molecule is COc1ccccc1Oc1ccc(NC(=O)c2cccc(NC(=O)c3ccco3)c2)cc1. The summed E-state index contributed by atoms with van der Waals surface area (Å²) in [5.74, 6) is 1.32. The Balaban J connectivity index is 1.40. The lowest BCUT2D eigenvalue weighted by atomic mass is 10.1. The lowest BCUT2D eigenvalue weighted by Crippen LogP contribution is -2.14. The van der Waals surface area contributed by atoms with Crippen LogP contribution < -0.4 is 20.1 Å². The molecule has 0 fully saturated rings. The highest BCUT2D eigenvalue weighted by Gasteiger charge is 2.12. The van der Waals surface area contributed by atoms with Gasteiger partial charge in [0.25, 0.3) is 11.8 Å². The summed E-state index contributed by atoms with van der Waals surface area (Å²) in [7, 11) is 1.58. The highest BCUT2D eigenvalue weighted by atomic mass is 16.5. The molecule has 2 N–H and O–H groups in total. The van der Waals surface area contributed by atoms with Crippen LogP contribution in [-0.4, -0.2) is 18.9 Å². The fourth-order valence-electron chi connectivity index (χ4n) is 2.98. The number of carbonyl (C=O) groups is 2. The molecule has 4 rings (SSSR count). The summed E-state index contributed by atoms with van der Waals surface area (Å²) in [6.07, 6.45) is 1.42. The van der Waals surface area contributed by atoms with Gasteiger partial charge in [0.1, 0.15) is 5.75 Å².